The lowest BCUT2D eigenvalue weighted by molar-refractivity contribution is -0.319. The second-order valence-electron chi connectivity index (χ2n) is 18.3. The van der Waals surface area contributed by atoms with E-state index in [4.69, 9.17) is 33.2 Å². The number of ether oxygens (including phenoxy) is 7. The van der Waals surface area contributed by atoms with Crippen molar-refractivity contribution in [2.45, 2.75) is 134 Å². The molecule has 12 heteroatoms. The van der Waals surface area contributed by atoms with Gasteiger partial charge in [0.1, 0.15) is 29.5 Å². The molecule has 0 saturated carbocycles. The quantitative estimate of drug-likeness (QED) is 0.0848. The zero-order valence-electron chi connectivity index (χ0n) is 37.8. The predicted molar refractivity (Wildman–Crippen MR) is 236 cm³/mol. The summed E-state index contributed by atoms with van der Waals surface area (Å²) < 4.78 is 43.3. The van der Waals surface area contributed by atoms with Crippen molar-refractivity contribution in [2.75, 3.05) is 20.3 Å². The molecule has 3 saturated heterocycles. The normalized spacial score (nSPS) is 28.8. The first-order valence-corrected chi connectivity index (χ1v) is 22.2. The Bertz CT molecular complexity index is 2010. The zero-order valence-corrected chi connectivity index (χ0v) is 37.8. The number of methoxy groups -OCH3 is 1. The van der Waals surface area contributed by atoms with Crippen molar-refractivity contribution in [2.24, 2.45) is 23.7 Å². The van der Waals surface area contributed by atoms with Crippen LogP contribution in [0.5, 0.6) is 5.75 Å². The molecule has 12 nitrogen and oxygen atoms in total. The van der Waals surface area contributed by atoms with E-state index in [1.165, 1.54) is 0 Å². The third kappa shape index (κ3) is 11.2. The van der Waals surface area contributed by atoms with Gasteiger partial charge in [0.2, 0.25) is 0 Å². The van der Waals surface area contributed by atoms with Crippen molar-refractivity contribution >= 4 is 17.5 Å². The summed E-state index contributed by atoms with van der Waals surface area (Å²) >= 11 is 0. The van der Waals surface area contributed by atoms with Crippen molar-refractivity contribution in [3.63, 3.8) is 0 Å². The van der Waals surface area contributed by atoms with Crippen LogP contribution in [0, 0.1) is 23.7 Å². The summed E-state index contributed by atoms with van der Waals surface area (Å²) in [6.45, 7) is 16.0. The van der Waals surface area contributed by atoms with E-state index in [1.807, 2.05) is 75.4 Å². The Kier molecular flexibility index (Phi) is 15.8. The molecule has 1 spiro atoms. The first kappa shape index (κ1) is 48.2. The van der Waals surface area contributed by atoms with Crippen molar-refractivity contribution in [1.29, 1.82) is 0 Å². The van der Waals surface area contributed by atoms with E-state index in [9.17, 15) is 24.6 Å². The monoisotopic (exact) mass is 870 g/mol. The fraction of sp³-hybridized carbons (Fsp3) is 0.549. The number of Topliss-reactive ketones (excluding diaryl/α,β-unsaturated/α-hetero) is 2. The summed E-state index contributed by atoms with van der Waals surface area (Å²) in [6, 6.07) is 25.7. The van der Waals surface area contributed by atoms with E-state index in [-0.39, 0.29) is 42.3 Å². The van der Waals surface area contributed by atoms with Gasteiger partial charge >= 0.3 is 5.97 Å². The average Bonchev–Trinajstić information content (AvgIpc) is 3.88. The molecule has 0 amide bonds. The average molecular weight is 871 g/mol. The van der Waals surface area contributed by atoms with Crippen LogP contribution in [0.4, 0.5) is 0 Å². The number of benzene rings is 3. The summed E-state index contributed by atoms with van der Waals surface area (Å²) in [5, 5.41) is 23.3. The number of carbonyl (C=O) groups is 3. The Morgan fingerprint density at radius 1 is 0.841 bits per heavy atom. The van der Waals surface area contributed by atoms with E-state index in [2.05, 4.69) is 6.58 Å². The van der Waals surface area contributed by atoms with Gasteiger partial charge in [-0.15, -0.1) is 0 Å². The Morgan fingerprint density at radius 2 is 1.46 bits per heavy atom. The topological polar surface area (TPSA) is 156 Å². The molecule has 342 valence electrons. The minimum atomic E-state index is -1.33. The lowest BCUT2D eigenvalue weighted by atomic mass is 9.79. The molecule has 2 N–H and O–H groups in total. The lowest BCUT2D eigenvalue weighted by Crippen LogP contribution is -2.56. The van der Waals surface area contributed by atoms with Crippen molar-refractivity contribution < 1.29 is 57.8 Å². The van der Waals surface area contributed by atoms with Crippen LogP contribution in [-0.2, 0) is 51.2 Å². The maximum absolute atomic E-state index is 13.9. The predicted octanol–water partition coefficient (Wildman–Crippen LogP) is 7.61. The second kappa shape index (κ2) is 20.7. The van der Waals surface area contributed by atoms with Gasteiger partial charge in [0.15, 0.2) is 5.79 Å². The van der Waals surface area contributed by atoms with Crippen LogP contribution in [0.15, 0.2) is 97.1 Å². The molecule has 3 aromatic carbocycles. The first-order chi connectivity index (χ1) is 30.0. The summed E-state index contributed by atoms with van der Waals surface area (Å²) in [7, 11) is 1.62. The fourth-order valence-electron chi connectivity index (χ4n) is 9.14. The van der Waals surface area contributed by atoms with E-state index < -0.39 is 77.1 Å². The number of ketones is 2. The Balaban J connectivity index is 1.10. The Labute approximate surface area is 372 Å². The van der Waals surface area contributed by atoms with Gasteiger partial charge in [-0.2, -0.15) is 0 Å². The van der Waals surface area contributed by atoms with Gasteiger partial charge in [0.05, 0.1) is 80.5 Å². The third-order valence-electron chi connectivity index (χ3n) is 13.6. The molecule has 0 aliphatic carbocycles. The minimum Gasteiger partial charge on any atom is -0.497 e. The number of rotatable bonds is 20. The largest absolute Gasteiger partial charge is 0.497 e. The molecular weight excluding hydrogens is 805 g/mol. The van der Waals surface area contributed by atoms with E-state index >= 15 is 0 Å². The number of hydrogen-bond donors (Lipinski definition) is 2. The van der Waals surface area contributed by atoms with Crippen molar-refractivity contribution in [3.05, 3.63) is 114 Å². The minimum absolute atomic E-state index is 0.0218. The van der Waals surface area contributed by atoms with Crippen LogP contribution in [0.25, 0.3) is 0 Å². The van der Waals surface area contributed by atoms with Gasteiger partial charge in [-0.1, -0.05) is 94.9 Å². The molecule has 0 radical (unpaired) electrons. The van der Waals surface area contributed by atoms with Gasteiger partial charge in [0, 0.05) is 24.7 Å². The fourth-order valence-corrected chi connectivity index (χ4v) is 9.14. The maximum atomic E-state index is 13.9. The Morgan fingerprint density at radius 3 is 2.11 bits per heavy atom. The van der Waals surface area contributed by atoms with E-state index in [0.717, 1.165) is 16.9 Å². The summed E-state index contributed by atoms with van der Waals surface area (Å²) in [5.41, 5.74) is 0.626. The molecule has 3 aliphatic heterocycles. The highest BCUT2D eigenvalue weighted by Crippen LogP contribution is 2.52. The van der Waals surface area contributed by atoms with Crippen LogP contribution in [0.3, 0.4) is 0 Å². The summed E-state index contributed by atoms with van der Waals surface area (Å²) in [4.78, 5) is 41.3. The number of hydrogen-bond acceptors (Lipinski definition) is 12. The highest BCUT2D eigenvalue weighted by molar-refractivity contribution is 5.90. The third-order valence-corrected chi connectivity index (χ3v) is 13.6. The summed E-state index contributed by atoms with van der Waals surface area (Å²) in [5.74, 6) is -4.24. The van der Waals surface area contributed by atoms with Gasteiger partial charge in [-0.25, -0.2) is 4.79 Å². The summed E-state index contributed by atoms with van der Waals surface area (Å²) in [6.07, 6.45) is -2.43. The number of aliphatic hydroxyl groups is 2. The number of esters is 1. The van der Waals surface area contributed by atoms with Crippen LogP contribution < -0.4 is 4.74 Å². The van der Waals surface area contributed by atoms with Crippen molar-refractivity contribution in [1.82, 2.24) is 0 Å². The zero-order chi connectivity index (χ0) is 45.5. The van der Waals surface area contributed by atoms with Gasteiger partial charge < -0.3 is 43.4 Å². The van der Waals surface area contributed by atoms with Gasteiger partial charge in [0.25, 0.3) is 0 Å². The number of aliphatic hydroxyl groups excluding tert-OH is 2. The smallest absolute Gasteiger partial charge is 0.338 e. The van der Waals surface area contributed by atoms with Gasteiger partial charge in [-0.3, -0.25) is 9.59 Å². The molecule has 0 unspecified atom stereocenters. The molecule has 63 heavy (non-hydrogen) atoms. The molecule has 3 fully saturated rings. The highest BCUT2D eigenvalue weighted by atomic mass is 16.7. The lowest BCUT2D eigenvalue weighted by Gasteiger charge is -2.46. The first-order valence-electron chi connectivity index (χ1n) is 22.2. The van der Waals surface area contributed by atoms with Crippen molar-refractivity contribution in [3.8, 4) is 5.75 Å². The van der Waals surface area contributed by atoms with E-state index in [1.54, 1.807) is 58.2 Å². The molecular formula is C51H66O12. The van der Waals surface area contributed by atoms with E-state index in [0.29, 0.717) is 38.9 Å². The Hall–Kier alpha value is -4.27. The van der Waals surface area contributed by atoms with Gasteiger partial charge in [-0.05, 0) is 74.1 Å². The molecule has 0 aromatic heterocycles. The molecule has 3 heterocycles. The second-order valence-corrected chi connectivity index (χ2v) is 18.3. The molecule has 0 bridgehead atoms. The highest BCUT2D eigenvalue weighted by Gasteiger charge is 2.61. The van der Waals surface area contributed by atoms with Crippen LogP contribution in [-0.4, -0.2) is 95.6 Å². The van der Waals surface area contributed by atoms with Crippen LogP contribution in [0.1, 0.15) is 95.1 Å². The standard InChI is InChI=1S/C51H66O12/c1-32(28-58-29-37-15-11-9-12-16-37)45(54)34(3)47(60-48(56)39-17-13-10-14-18-39)35(4)46(55)33(2)42-27-41(52)36(5)51(61-42)26-25-50(7,63-51)44-23-24-49(6,62-44)43(53)31-59-30-38-19-21-40(57-8)22-20-38/h9-22,32-34,36,42-44,46-47,53,55H,4,23-31H2,1-3,5-8H3/t32-,33+,34-,36+,42-,43+,44+,46+,47+,49-,50-,51+/m0/s1. The number of carbonyl (C=O) groups excluding carboxylic acids is 3. The maximum Gasteiger partial charge on any atom is 0.338 e. The molecule has 3 aromatic rings. The molecule has 6 rings (SSSR count). The van der Waals surface area contributed by atoms with Crippen LogP contribution in [0.2, 0.25) is 0 Å². The van der Waals surface area contributed by atoms with Crippen LogP contribution >= 0.6 is 0 Å². The molecule has 12 atom stereocenters. The SMILES string of the molecule is C=C([C@H](O)[C@H](C)[C@@H]1CC(=O)[C@@H](C)[C@]2(CC[C@@](C)([C@H]3CC[C@@](C)([C@H](O)COCc4ccc(OC)cc4)O3)O2)O1)[C@H](OC(=O)c1ccccc1)[C@@H](C)C(=O)[C@@H](C)COCc1ccccc1. The molecule has 3 aliphatic rings.